The van der Waals surface area contributed by atoms with Gasteiger partial charge >= 0.3 is 33.3 Å². The van der Waals surface area contributed by atoms with Crippen molar-refractivity contribution in [3.05, 3.63) is 95.7 Å². The third kappa shape index (κ3) is 31.7. The molecule has 6 N–H and O–H groups in total. The van der Waals surface area contributed by atoms with Crippen LogP contribution in [0.2, 0.25) is 0 Å². The van der Waals surface area contributed by atoms with E-state index in [2.05, 4.69) is 77.8 Å². The van der Waals surface area contributed by atoms with Gasteiger partial charge in [-0.2, -0.15) is 9.29 Å². The first-order valence-electron chi connectivity index (χ1n) is 25.9. The van der Waals surface area contributed by atoms with Gasteiger partial charge in [0.1, 0.15) is 30.7 Å². The molecule has 0 saturated carbocycles. The number of rotatable bonds is 42. The lowest BCUT2D eigenvalue weighted by molar-refractivity contribution is -0.161. The van der Waals surface area contributed by atoms with Gasteiger partial charge in [0.05, 0.1) is 13.2 Å². The Bertz CT molecular complexity index is 1990. The fourth-order valence-electron chi connectivity index (χ4n) is 7.23. The molecule has 1 aliphatic heterocycles. The van der Waals surface area contributed by atoms with Crippen LogP contribution in [0.3, 0.4) is 0 Å². The summed E-state index contributed by atoms with van der Waals surface area (Å²) in [6, 6.07) is 1.24. The first-order chi connectivity index (χ1) is 34.7. The van der Waals surface area contributed by atoms with Gasteiger partial charge < -0.3 is 39.9 Å². The molecule has 1 aromatic heterocycles. The van der Waals surface area contributed by atoms with Gasteiger partial charge in [0.2, 0.25) is 0 Å². The minimum Gasteiger partial charge on any atom is -0.462 e. The standard InChI is InChI=1S/C52H85N3O15P2/c1-3-5-7-9-11-13-15-17-19-20-21-22-24-25-27-29-31-33-35-37-47(56)65-41-44(68-48(57)38-36-34-32-30-28-26-23-18-16-14-12-10-8-6-4-2)42-66-71(61,62)70-72(63,64)67-43-45-49(58)50(59)51(69-45)55-40-39-46(53)54-52(55)60/h11,13,17-19,21-23,25,27,31,33,39-40,44-45,49-51,58-59H,3-10,12,14-16,20,24,26,28-30,32,34-38,41-43H2,1-2H3,(H,61,62)(H,63,64)(H2,53,54,60)/b13-11-,19-17-,22-21-,23-18-,27-25-,33-31-/t44-,45-,49+,50?,51-/m1/s1. The highest BCUT2D eigenvalue weighted by Gasteiger charge is 2.46. The molecule has 20 heteroatoms. The van der Waals surface area contributed by atoms with Crippen LogP contribution in [0.4, 0.5) is 5.82 Å². The lowest BCUT2D eigenvalue weighted by Crippen LogP contribution is -2.36. The Balaban J connectivity index is 1.83. The maximum Gasteiger partial charge on any atom is 0.481 e. The third-order valence-electron chi connectivity index (χ3n) is 11.3. The van der Waals surface area contributed by atoms with Crippen molar-refractivity contribution in [1.29, 1.82) is 0 Å². The zero-order valence-corrected chi connectivity index (χ0v) is 44.5. The van der Waals surface area contributed by atoms with E-state index in [4.69, 9.17) is 29.0 Å². The van der Waals surface area contributed by atoms with Crippen LogP contribution >= 0.6 is 15.6 Å². The van der Waals surface area contributed by atoms with E-state index in [-0.39, 0.29) is 18.7 Å². The quantitative estimate of drug-likeness (QED) is 0.0176. The highest BCUT2D eigenvalue weighted by Crippen LogP contribution is 2.60. The van der Waals surface area contributed by atoms with E-state index >= 15 is 0 Å². The van der Waals surface area contributed by atoms with Gasteiger partial charge in [0, 0.05) is 19.0 Å². The molecular weight excluding hydrogens is 969 g/mol. The number of carbonyl (C=O) groups excluding carboxylic acids is 2. The number of aromatic nitrogens is 2. The van der Waals surface area contributed by atoms with Crippen molar-refractivity contribution in [2.24, 2.45) is 0 Å². The smallest absolute Gasteiger partial charge is 0.462 e. The third-order valence-corrected chi connectivity index (χ3v) is 13.9. The number of allylic oxidation sites excluding steroid dienone is 12. The van der Waals surface area contributed by atoms with E-state index in [9.17, 15) is 43.5 Å². The van der Waals surface area contributed by atoms with Crippen LogP contribution in [-0.2, 0) is 46.3 Å². The number of phosphoric ester groups is 2. The SMILES string of the molecule is CCCCC/C=C\C/C=C\C/C=C\C/C=C\C/C=C\CCC(=O)OC[C@H](COP(=O)(O)OP(=O)(O)OC[C@H]1O[C@@H](n2ccc(N)nc2=O)C(O)[C@H]1O)OC(=O)CCCCCCC/C=C\CCCCCCCC. The fraction of sp³-hybridized carbons (Fsp3) is 0.654. The number of nitrogen functional groups attached to an aromatic ring is 1. The first-order valence-corrected chi connectivity index (χ1v) is 28.9. The maximum absolute atomic E-state index is 12.9. The molecule has 7 atom stereocenters. The van der Waals surface area contributed by atoms with Crippen molar-refractivity contribution < 1.29 is 66.3 Å². The summed E-state index contributed by atoms with van der Waals surface area (Å²) < 4.78 is 56.7. The molecule has 408 valence electrons. The monoisotopic (exact) mass is 1050 g/mol. The number of anilines is 1. The molecule has 1 fully saturated rings. The molecule has 2 heterocycles. The lowest BCUT2D eigenvalue weighted by Gasteiger charge is -2.21. The summed E-state index contributed by atoms with van der Waals surface area (Å²) >= 11 is 0. The number of nitrogens with zero attached hydrogens (tertiary/aromatic N) is 2. The largest absolute Gasteiger partial charge is 0.481 e. The Morgan fingerprint density at radius 3 is 1.74 bits per heavy atom. The van der Waals surface area contributed by atoms with Crippen molar-refractivity contribution in [2.75, 3.05) is 25.6 Å². The highest BCUT2D eigenvalue weighted by molar-refractivity contribution is 7.61. The van der Waals surface area contributed by atoms with E-state index in [0.29, 0.717) is 19.3 Å². The average molecular weight is 1050 g/mol. The molecule has 3 unspecified atom stereocenters. The van der Waals surface area contributed by atoms with Gasteiger partial charge in [0.25, 0.3) is 0 Å². The van der Waals surface area contributed by atoms with Crippen LogP contribution in [0.5, 0.6) is 0 Å². The number of phosphoric acid groups is 2. The normalized spacial score (nSPS) is 19.6. The molecule has 0 amide bonds. The van der Waals surface area contributed by atoms with Crippen molar-refractivity contribution in [3.8, 4) is 0 Å². The minimum atomic E-state index is -5.44. The van der Waals surface area contributed by atoms with Crippen LogP contribution in [0.25, 0.3) is 0 Å². The van der Waals surface area contributed by atoms with Crippen molar-refractivity contribution >= 4 is 33.4 Å². The number of ether oxygens (including phenoxy) is 3. The van der Waals surface area contributed by atoms with Gasteiger partial charge in [-0.1, -0.05) is 151 Å². The summed E-state index contributed by atoms with van der Waals surface area (Å²) in [5.74, 6) is -1.41. The molecule has 2 rings (SSSR count). The number of nitrogens with two attached hydrogens (primary N) is 1. The Morgan fingerprint density at radius 2 is 1.15 bits per heavy atom. The predicted octanol–water partition coefficient (Wildman–Crippen LogP) is 10.9. The van der Waals surface area contributed by atoms with Crippen LogP contribution in [-0.4, -0.2) is 85.7 Å². The van der Waals surface area contributed by atoms with Crippen LogP contribution in [0.15, 0.2) is 90.0 Å². The zero-order chi connectivity index (χ0) is 52.7. The summed E-state index contributed by atoms with van der Waals surface area (Å²) in [6.45, 7) is 2.04. The molecule has 1 aromatic rings. The molecule has 0 bridgehead atoms. The van der Waals surface area contributed by atoms with Crippen LogP contribution < -0.4 is 11.4 Å². The topological polar surface area (TPSA) is 265 Å². The Hall–Kier alpha value is -3.80. The molecular formula is C52H85N3O15P2. The number of aliphatic hydroxyl groups excluding tert-OH is 2. The van der Waals surface area contributed by atoms with E-state index < -0.39 is 83.7 Å². The summed E-state index contributed by atoms with van der Waals surface area (Å²) in [7, 11) is -10.9. The van der Waals surface area contributed by atoms with E-state index in [1.807, 2.05) is 18.2 Å². The Labute approximate surface area is 427 Å². The fourth-order valence-corrected chi connectivity index (χ4v) is 9.34. The summed E-state index contributed by atoms with van der Waals surface area (Å²) in [5.41, 5.74) is 4.58. The molecule has 1 saturated heterocycles. The van der Waals surface area contributed by atoms with Crippen molar-refractivity contribution in [2.45, 2.75) is 199 Å². The number of aliphatic hydroxyl groups is 2. The molecule has 0 aromatic carbocycles. The number of hydrogen-bond donors (Lipinski definition) is 5. The second-order valence-corrected chi connectivity index (χ2v) is 20.7. The predicted molar refractivity (Wildman–Crippen MR) is 279 cm³/mol. The second kappa shape index (κ2) is 39.6. The van der Waals surface area contributed by atoms with E-state index in [1.54, 1.807) is 0 Å². The highest BCUT2D eigenvalue weighted by atomic mass is 31.3. The zero-order valence-electron chi connectivity index (χ0n) is 42.7. The van der Waals surface area contributed by atoms with E-state index in [1.165, 1.54) is 63.9 Å². The number of hydrogen-bond acceptors (Lipinski definition) is 15. The van der Waals surface area contributed by atoms with Gasteiger partial charge in [-0.25, -0.2) is 13.9 Å². The molecule has 1 aliphatic rings. The molecule has 0 aliphatic carbocycles. The van der Waals surface area contributed by atoms with Gasteiger partial charge in [0.15, 0.2) is 12.3 Å². The van der Waals surface area contributed by atoms with Crippen LogP contribution in [0, 0.1) is 0 Å². The molecule has 18 nitrogen and oxygen atoms in total. The average Bonchev–Trinajstić information content (AvgIpc) is 3.62. The Kier molecular flexibility index (Phi) is 35.4. The van der Waals surface area contributed by atoms with Gasteiger partial charge in [-0.3, -0.25) is 23.2 Å². The number of esters is 2. The number of carbonyl (C=O) groups is 2. The molecule has 72 heavy (non-hydrogen) atoms. The second-order valence-electron chi connectivity index (χ2n) is 17.7. The number of unbranched alkanes of at least 4 members (excludes halogenated alkanes) is 14. The van der Waals surface area contributed by atoms with Crippen LogP contribution in [0.1, 0.15) is 174 Å². The lowest BCUT2D eigenvalue weighted by atomic mass is 10.1. The van der Waals surface area contributed by atoms with Gasteiger partial charge in [-0.15, -0.1) is 0 Å². The summed E-state index contributed by atoms with van der Waals surface area (Å²) in [5, 5.41) is 20.9. The maximum atomic E-state index is 12.9. The van der Waals surface area contributed by atoms with Gasteiger partial charge in [-0.05, 0) is 83.1 Å². The molecule has 0 radical (unpaired) electrons. The Morgan fingerprint density at radius 1 is 0.667 bits per heavy atom. The van der Waals surface area contributed by atoms with Crippen molar-refractivity contribution in [1.82, 2.24) is 9.55 Å². The van der Waals surface area contributed by atoms with Crippen molar-refractivity contribution in [3.63, 3.8) is 0 Å². The van der Waals surface area contributed by atoms with E-state index in [0.717, 1.165) is 75.0 Å². The minimum absolute atomic E-state index is 0.00101. The first kappa shape index (κ1) is 64.3. The summed E-state index contributed by atoms with van der Waals surface area (Å²) in [6.07, 6.45) is 41.4. The molecule has 0 spiro atoms. The summed E-state index contributed by atoms with van der Waals surface area (Å²) in [4.78, 5) is 61.9.